The number of methoxy groups -OCH3 is 2. The van der Waals surface area contributed by atoms with Crippen LogP contribution in [0, 0.1) is 10.1 Å². The Hall–Kier alpha value is -4.15. The van der Waals surface area contributed by atoms with Crippen molar-refractivity contribution in [3.05, 3.63) is 69.8 Å². The molecule has 0 bridgehead atoms. The Balaban J connectivity index is 1.71. The predicted molar refractivity (Wildman–Crippen MR) is 124 cm³/mol. The molecule has 2 aromatic carbocycles. The van der Waals surface area contributed by atoms with Gasteiger partial charge in [-0.2, -0.15) is 0 Å². The molecule has 0 aliphatic carbocycles. The van der Waals surface area contributed by atoms with Crippen LogP contribution in [0.1, 0.15) is 24.0 Å². The number of carbonyl (C=O) groups excluding carboxylic acids is 3. The first-order valence-electron chi connectivity index (χ1n) is 11.0. The molecular formula is C24H27N3O8. The van der Waals surface area contributed by atoms with Crippen LogP contribution in [0.25, 0.3) is 0 Å². The molecule has 1 N–H and O–H groups in total. The summed E-state index contributed by atoms with van der Waals surface area (Å²) in [6.07, 6.45) is 0.274. The van der Waals surface area contributed by atoms with Crippen LogP contribution < -0.4 is 10.1 Å². The molecular weight excluding hydrogens is 458 g/mol. The van der Waals surface area contributed by atoms with Crippen LogP contribution in [0.15, 0.2) is 48.5 Å². The second-order valence-electron chi connectivity index (χ2n) is 7.93. The second kappa shape index (κ2) is 11.8. The molecule has 186 valence electrons. The largest absolute Gasteiger partial charge is 0.496 e. The zero-order valence-electron chi connectivity index (χ0n) is 19.5. The minimum absolute atomic E-state index is 0.0713. The van der Waals surface area contributed by atoms with E-state index in [9.17, 15) is 24.5 Å². The van der Waals surface area contributed by atoms with Gasteiger partial charge < -0.3 is 19.5 Å². The van der Waals surface area contributed by atoms with Gasteiger partial charge in [0.2, 0.25) is 5.91 Å². The lowest BCUT2D eigenvalue weighted by molar-refractivity contribution is -0.384. The van der Waals surface area contributed by atoms with E-state index >= 15 is 0 Å². The summed E-state index contributed by atoms with van der Waals surface area (Å²) >= 11 is 0. The highest BCUT2D eigenvalue weighted by Crippen LogP contribution is 2.26. The van der Waals surface area contributed by atoms with Gasteiger partial charge in [-0.05, 0) is 24.5 Å². The van der Waals surface area contributed by atoms with E-state index in [1.54, 1.807) is 0 Å². The number of hydrogen-bond donors (Lipinski definition) is 1. The van der Waals surface area contributed by atoms with Crippen molar-refractivity contribution in [1.29, 1.82) is 0 Å². The van der Waals surface area contributed by atoms with Gasteiger partial charge in [0.15, 0.2) is 0 Å². The van der Waals surface area contributed by atoms with Crippen molar-refractivity contribution >= 4 is 23.7 Å². The molecule has 11 heteroatoms. The molecule has 1 aliphatic rings. The molecule has 0 aromatic heterocycles. The van der Waals surface area contributed by atoms with Gasteiger partial charge in [0.05, 0.1) is 19.1 Å². The Bertz CT molecular complexity index is 1080. The number of carbonyl (C=O) groups is 3. The topological polar surface area (TPSA) is 137 Å². The van der Waals surface area contributed by atoms with Crippen LogP contribution in [0.3, 0.4) is 0 Å². The minimum atomic E-state index is -1.15. The molecule has 11 nitrogen and oxygen atoms in total. The van der Waals surface area contributed by atoms with Crippen molar-refractivity contribution in [3.63, 3.8) is 0 Å². The molecule has 2 aromatic rings. The summed E-state index contributed by atoms with van der Waals surface area (Å²) in [5.74, 6) is -0.951. The highest BCUT2D eigenvalue weighted by atomic mass is 16.6. The molecule has 0 saturated carbocycles. The van der Waals surface area contributed by atoms with Crippen molar-refractivity contribution < 1.29 is 33.5 Å². The number of rotatable bonds is 9. The van der Waals surface area contributed by atoms with Gasteiger partial charge in [-0.1, -0.05) is 30.3 Å². The molecule has 1 fully saturated rings. The summed E-state index contributed by atoms with van der Waals surface area (Å²) in [4.78, 5) is 50.1. The van der Waals surface area contributed by atoms with Gasteiger partial charge in [0.1, 0.15) is 24.4 Å². The maximum Gasteiger partial charge on any atom is 0.410 e. The number of likely N-dealkylation sites (tertiary alicyclic amines) is 1. The molecule has 0 radical (unpaired) electrons. The summed E-state index contributed by atoms with van der Waals surface area (Å²) < 4.78 is 15.4. The van der Waals surface area contributed by atoms with E-state index in [0.29, 0.717) is 30.7 Å². The van der Waals surface area contributed by atoms with Crippen molar-refractivity contribution in [2.75, 3.05) is 20.8 Å². The molecule has 35 heavy (non-hydrogen) atoms. The lowest BCUT2D eigenvalue weighted by atomic mass is 10.0. The number of amides is 2. The Kier molecular flexibility index (Phi) is 8.60. The van der Waals surface area contributed by atoms with Crippen molar-refractivity contribution in [2.45, 2.75) is 38.0 Å². The SMILES string of the molecule is COC(=O)[C@@H](Cc1cc([N+](=O)[O-])ccc1OC)NC(=O)[C@H]1CCCN1C(=O)OCc1ccccc1. The summed E-state index contributed by atoms with van der Waals surface area (Å²) in [6.45, 7) is 0.412. The van der Waals surface area contributed by atoms with Gasteiger partial charge >= 0.3 is 12.1 Å². The number of nitrogens with zero attached hydrogens (tertiary/aromatic N) is 2. The fraction of sp³-hybridized carbons (Fsp3) is 0.375. The highest BCUT2D eigenvalue weighted by molar-refractivity contribution is 5.90. The van der Waals surface area contributed by atoms with Gasteiger partial charge in [-0.25, -0.2) is 9.59 Å². The smallest absolute Gasteiger partial charge is 0.410 e. The second-order valence-corrected chi connectivity index (χ2v) is 7.93. The highest BCUT2D eigenvalue weighted by Gasteiger charge is 2.37. The van der Waals surface area contributed by atoms with E-state index in [-0.39, 0.29) is 18.7 Å². The molecule has 0 unspecified atom stereocenters. The van der Waals surface area contributed by atoms with Crippen molar-refractivity contribution in [2.24, 2.45) is 0 Å². The lowest BCUT2D eigenvalue weighted by Crippen LogP contribution is -2.51. The first-order chi connectivity index (χ1) is 16.8. The Morgan fingerprint density at radius 3 is 2.57 bits per heavy atom. The van der Waals surface area contributed by atoms with Crippen LogP contribution in [0.2, 0.25) is 0 Å². The van der Waals surface area contributed by atoms with Gasteiger partial charge in [0.25, 0.3) is 5.69 Å². The van der Waals surface area contributed by atoms with E-state index in [2.05, 4.69) is 5.32 Å². The monoisotopic (exact) mass is 485 g/mol. The maximum absolute atomic E-state index is 13.1. The number of hydrogen-bond acceptors (Lipinski definition) is 8. The molecule has 3 rings (SSSR count). The number of nitro benzene ring substituents is 1. The van der Waals surface area contributed by atoms with Gasteiger partial charge in [-0.3, -0.25) is 19.8 Å². The van der Waals surface area contributed by atoms with Crippen LogP contribution in [-0.4, -0.2) is 60.6 Å². The van der Waals surface area contributed by atoms with Crippen LogP contribution >= 0.6 is 0 Å². The summed E-state index contributed by atoms with van der Waals surface area (Å²) in [5, 5.41) is 13.8. The Morgan fingerprint density at radius 1 is 1.17 bits per heavy atom. The van der Waals surface area contributed by atoms with Gasteiger partial charge in [-0.15, -0.1) is 0 Å². The number of ether oxygens (including phenoxy) is 3. The van der Waals surface area contributed by atoms with E-state index in [4.69, 9.17) is 14.2 Å². The van der Waals surface area contributed by atoms with Crippen LogP contribution in [-0.2, 0) is 32.1 Å². The summed E-state index contributed by atoms with van der Waals surface area (Å²) in [7, 11) is 2.57. The van der Waals surface area contributed by atoms with Crippen LogP contribution in [0.5, 0.6) is 5.75 Å². The number of nitrogens with one attached hydrogen (secondary N) is 1. The number of esters is 1. The molecule has 2 amide bonds. The minimum Gasteiger partial charge on any atom is -0.496 e. The average Bonchev–Trinajstić information content (AvgIpc) is 3.37. The van der Waals surface area contributed by atoms with E-state index in [1.807, 2.05) is 30.3 Å². The normalized spacial score (nSPS) is 15.7. The van der Waals surface area contributed by atoms with E-state index in [0.717, 1.165) is 5.56 Å². The molecule has 1 aliphatic heterocycles. The Morgan fingerprint density at radius 2 is 1.91 bits per heavy atom. The molecule has 0 spiro atoms. The van der Waals surface area contributed by atoms with Crippen molar-refractivity contribution in [3.8, 4) is 5.75 Å². The average molecular weight is 485 g/mol. The third-order valence-corrected chi connectivity index (χ3v) is 5.70. The fourth-order valence-electron chi connectivity index (χ4n) is 3.92. The van der Waals surface area contributed by atoms with Crippen LogP contribution in [0.4, 0.5) is 10.5 Å². The zero-order chi connectivity index (χ0) is 25.4. The lowest BCUT2D eigenvalue weighted by Gasteiger charge is -2.25. The zero-order valence-corrected chi connectivity index (χ0v) is 19.5. The van der Waals surface area contributed by atoms with E-state index in [1.165, 1.54) is 37.3 Å². The predicted octanol–water partition coefficient (Wildman–Crippen LogP) is 2.60. The third kappa shape index (κ3) is 6.46. The van der Waals surface area contributed by atoms with E-state index < -0.39 is 35.0 Å². The van der Waals surface area contributed by atoms with Gasteiger partial charge in [0, 0.05) is 30.7 Å². The first kappa shape index (κ1) is 25.5. The number of benzene rings is 2. The molecule has 1 saturated heterocycles. The maximum atomic E-state index is 13.1. The summed E-state index contributed by atoms with van der Waals surface area (Å²) in [6, 6.07) is 11.2. The third-order valence-electron chi connectivity index (χ3n) is 5.70. The first-order valence-corrected chi connectivity index (χ1v) is 11.0. The molecule has 1 heterocycles. The molecule has 2 atom stereocenters. The quantitative estimate of drug-likeness (QED) is 0.325. The fourth-order valence-corrected chi connectivity index (χ4v) is 3.92. The summed E-state index contributed by atoms with van der Waals surface area (Å²) in [5.41, 5.74) is 0.986. The number of nitro groups is 1. The number of non-ortho nitro benzene ring substituents is 1. The standard InChI is InChI=1S/C24H27N3O8/c1-33-21-11-10-18(27(31)32)13-17(21)14-19(23(29)34-2)25-22(28)20-9-6-12-26(20)24(30)35-15-16-7-4-3-5-8-16/h3-5,7-8,10-11,13,19-20H,6,9,12,14-15H2,1-2H3,(H,25,28)/t19-,20-/m1/s1. The Labute approximate surface area is 202 Å². The van der Waals surface area contributed by atoms with Crippen molar-refractivity contribution in [1.82, 2.24) is 10.2 Å².